The van der Waals surface area contributed by atoms with Crippen molar-refractivity contribution in [3.05, 3.63) is 0 Å². The lowest BCUT2D eigenvalue weighted by atomic mass is 9.80. The van der Waals surface area contributed by atoms with Crippen LogP contribution < -0.4 is 0 Å². The lowest BCUT2D eigenvalue weighted by molar-refractivity contribution is -0.121. The summed E-state index contributed by atoms with van der Waals surface area (Å²) in [5.74, 6) is 0. The number of carbonyl (C=O) groups excluding carboxylic acids is 1. The molecule has 1 unspecified atom stereocenters. The maximum atomic E-state index is 11.4. The molecule has 5 nitrogen and oxygen atoms in total. The van der Waals surface area contributed by atoms with E-state index in [1.807, 2.05) is 0 Å². The average Bonchev–Trinajstić information content (AvgIpc) is 2.26. The third kappa shape index (κ3) is 1.42. The van der Waals surface area contributed by atoms with Gasteiger partial charge < -0.3 is 14.6 Å². The average molecular weight is 229 g/mol. The van der Waals surface area contributed by atoms with Crippen molar-refractivity contribution in [3.8, 4) is 0 Å². The Balaban J connectivity index is 3.40. The SMILES string of the molecule is CCC1(C=O)N(C(=O)O)C(C)(C)OC1(C)C. The number of hydrogen-bond donors (Lipinski definition) is 1. The summed E-state index contributed by atoms with van der Waals surface area (Å²) < 4.78 is 5.72. The van der Waals surface area contributed by atoms with E-state index in [4.69, 9.17) is 4.74 Å². The molecule has 0 saturated carbocycles. The lowest BCUT2D eigenvalue weighted by Gasteiger charge is -2.39. The van der Waals surface area contributed by atoms with Gasteiger partial charge in [0.15, 0.2) is 0 Å². The van der Waals surface area contributed by atoms with Crippen LogP contribution in [0.1, 0.15) is 41.0 Å². The molecular weight excluding hydrogens is 210 g/mol. The number of ether oxygens (including phenoxy) is 1. The Kier molecular flexibility index (Phi) is 2.79. The molecule has 1 rings (SSSR count). The first kappa shape index (κ1) is 13.0. The highest BCUT2D eigenvalue weighted by Gasteiger charge is 2.64. The first-order valence-corrected chi connectivity index (χ1v) is 5.34. The largest absolute Gasteiger partial charge is 0.465 e. The molecule has 16 heavy (non-hydrogen) atoms. The van der Waals surface area contributed by atoms with Crippen molar-refractivity contribution in [2.75, 3.05) is 0 Å². The molecule has 0 spiro atoms. The molecule has 1 aliphatic heterocycles. The van der Waals surface area contributed by atoms with Crippen molar-refractivity contribution in [2.24, 2.45) is 0 Å². The van der Waals surface area contributed by atoms with Gasteiger partial charge in [-0.25, -0.2) is 4.79 Å². The van der Waals surface area contributed by atoms with Crippen molar-refractivity contribution < 1.29 is 19.4 Å². The number of rotatable bonds is 2. The van der Waals surface area contributed by atoms with Crippen LogP contribution in [0.3, 0.4) is 0 Å². The summed E-state index contributed by atoms with van der Waals surface area (Å²) in [6.07, 6.45) is -0.0562. The zero-order valence-electron chi connectivity index (χ0n) is 10.4. The van der Waals surface area contributed by atoms with Crippen LogP contribution >= 0.6 is 0 Å². The first-order valence-electron chi connectivity index (χ1n) is 5.34. The highest BCUT2D eigenvalue weighted by molar-refractivity contribution is 5.78. The standard InChI is InChI=1S/C11H19NO4/c1-6-11(7-13)9(2,3)16-10(4,5)12(11)8(14)15/h7H,6H2,1-5H3,(H,14,15). The second-order valence-electron chi connectivity index (χ2n) is 5.07. The van der Waals surface area contributed by atoms with Crippen LogP contribution in [0.15, 0.2) is 0 Å². The smallest absolute Gasteiger partial charge is 0.410 e. The molecule has 1 amide bonds. The van der Waals surface area contributed by atoms with Gasteiger partial charge in [-0.1, -0.05) is 6.92 Å². The van der Waals surface area contributed by atoms with E-state index < -0.39 is 23.0 Å². The van der Waals surface area contributed by atoms with Crippen molar-refractivity contribution in [1.29, 1.82) is 0 Å². The van der Waals surface area contributed by atoms with E-state index in [1.54, 1.807) is 34.6 Å². The second kappa shape index (κ2) is 3.45. The summed E-state index contributed by atoms with van der Waals surface area (Å²) in [5.41, 5.74) is -2.94. The molecule has 0 aromatic rings. The van der Waals surface area contributed by atoms with Crippen molar-refractivity contribution in [1.82, 2.24) is 4.90 Å². The topological polar surface area (TPSA) is 66.8 Å². The number of aldehydes is 1. The summed E-state index contributed by atoms with van der Waals surface area (Å²) in [4.78, 5) is 23.8. The summed E-state index contributed by atoms with van der Waals surface area (Å²) in [7, 11) is 0. The summed E-state index contributed by atoms with van der Waals surface area (Å²) in [6, 6.07) is 0. The fourth-order valence-electron chi connectivity index (χ4n) is 2.77. The minimum absolute atomic E-state index is 0.388. The zero-order chi connectivity index (χ0) is 12.8. The predicted octanol–water partition coefficient (Wildman–Crippen LogP) is 1.86. The molecule has 0 aromatic heterocycles. The van der Waals surface area contributed by atoms with Crippen molar-refractivity contribution in [2.45, 2.75) is 57.9 Å². The van der Waals surface area contributed by atoms with Crippen molar-refractivity contribution >= 4 is 12.4 Å². The molecular formula is C11H19NO4. The number of amides is 1. The van der Waals surface area contributed by atoms with E-state index in [1.165, 1.54) is 0 Å². The minimum atomic E-state index is -1.13. The zero-order valence-corrected chi connectivity index (χ0v) is 10.4. The Hall–Kier alpha value is -1.10. The molecule has 5 heteroatoms. The number of carboxylic acid groups (broad SMARTS) is 1. The van der Waals surface area contributed by atoms with E-state index in [9.17, 15) is 14.7 Å². The number of hydrogen-bond acceptors (Lipinski definition) is 3. The maximum Gasteiger partial charge on any atom is 0.410 e. The molecule has 0 radical (unpaired) electrons. The lowest BCUT2D eigenvalue weighted by Crippen LogP contribution is -2.60. The maximum absolute atomic E-state index is 11.4. The quantitative estimate of drug-likeness (QED) is 0.734. The van der Waals surface area contributed by atoms with Crippen LogP contribution in [-0.2, 0) is 9.53 Å². The minimum Gasteiger partial charge on any atom is -0.465 e. The molecule has 92 valence electrons. The normalized spacial score (nSPS) is 31.4. The van der Waals surface area contributed by atoms with Gasteiger partial charge >= 0.3 is 6.09 Å². The molecule has 1 aliphatic rings. The Morgan fingerprint density at radius 1 is 1.38 bits per heavy atom. The Morgan fingerprint density at radius 2 is 1.88 bits per heavy atom. The summed E-state index contributed by atoms with van der Waals surface area (Å²) >= 11 is 0. The molecule has 1 saturated heterocycles. The van der Waals surface area contributed by atoms with E-state index >= 15 is 0 Å². The third-order valence-corrected chi connectivity index (χ3v) is 3.41. The highest BCUT2D eigenvalue weighted by Crippen LogP contribution is 2.47. The van der Waals surface area contributed by atoms with Gasteiger partial charge in [0.1, 0.15) is 17.6 Å². The number of carbonyl (C=O) groups is 2. The van der Waals surface area contributed by atoms with Gasteiger partial charge in [-0.15, -0.1) is 0 Å². The molecule has 1 atom stereocenters. The third-order valence-electron chi connectivity index (χ3n) is 3.41. The molecule has 0 bridgehead atoms. The van der Waals surface area contributed by atoms with E-state index in [2.05, 4.69) is 0 Å². The second-order valence-corrected chi connectivity index (χ2v) is 5.07. The molecule has 0 aromatic carbocycles. The molecule has 1 fully saturated rings. The van der Waals surface area contributed by atoms with Crippen LogP contribution in [0.4, 0.5) is 4.79 Å². The molecule has 1 heterocycles. The fourth-order valence-corrected chi connectivity index (χ4v) is 2.77. The van der Waals surface area contributed by atoms with E-state index in [-0.39, 0.29) is 0 Å². The first-order chi connectivity index (χ1) is 7.14. The Morgan fingerprint density at radius 3 is 2.12 bits per heavy atom. The van der Waals surface area contributed by atoms with Gasteiger partial charge in [0, 0.05) is 0 Å². The summed E-state index contributed by atoms with van der Waals surface area (Å²) in [5, 5.41) is 9.27. The van der Waals surface area contributed by atoms with Crippen LogP contribution in [0.5, 0.6) is 0 Å². The van der Waals surface area contributed by atoms with Crippen LogP contribution in [0.25, 0.3) is 0 Å². The van der Waals surface area contributed by atoms with Gasteiger partial charge in [-0.2, -0.15) is 0 Å². The van der Waals surface area contributed by atoms with Gasteiger partial charge in [0.25, 0.3) is 0 Å². The fraction of sp³-hybridized carbons (Fsp3) is 0.818. The highest BCUT2D eigenvalue weighted by atomic mass is 16.6. The summed E-state index contributed by atoms with van der Waals surface area (Å²) in [6.45, 7) is 8.59. The molecule has 0 aliphatic carbocycles. The van der Waals surface area contributed by atoms with Crippen molar-refractivity contribution in [3.63, 3.8) is 0 Å². The van der Waals surface area contributed by atoms with E-state index in [0.29, 0.717) is 12.7 Å². The Bertz CT molecular complexity index is 324. The van der Waals surface area contributed by atoms with Gasteiger partial charge in [0.2, 0.25) is 0 Å². The van der Waals surface area contributed by atoms with Crippen LogP contribution in [0, 0.1) is 0 Å². The van der Waals surface area contributed by atoms with Gasteiger partial charge in [0.05, 0.1) is 5.60 Å². The number of nitrogens with zero attached hydrogens (tertiary/aromatic N) is 1. The molecule has 1 N–H and O–H groups in total. The van der Waals surface area contributed by atoms with Gasteiger partial charge in [-0.05, 0) is 34.1 Å². The van der Waals surface area contributed by atoms with Crippen LogP contribution in [0.2, 0.25) is 0 Å². The Labute approximate surface area is 95.4 Å². The van der Waals surface area contributed by atoms with Crippen LogP contribution in [-0.4, -0.2) is 39.3 Å². The monoisotopic (exact) mass is 229 g/mol. The van der Waals surface area contributed by atoms with Gasteiger partial charge in [-0.3, -0.25) is 4.90 Å². The van der Waals surface area contributed by atoms with E-state index in [0.717, 1.165) is 4.90 Å². The predicted molar refractivity (Wildman–Crippen MR) is 58.2 cm³/mol.